The average Bonchev–Trinajstić information content (AvgIpc) is 2.28. The Kier molecular flexibility index (Phi) is 5.26. The van der Waals surface area contributed by atoms with Crippen LogP contribution in [0.3, 0.4) is 0 Å². The number of hydrogen-bond donors (Lipinski definition) is 2. The number of rotatable bonds is 5. The van der Waals surface area contributed by atoms with Gasteiger partial charge in [-0.05, 0) is 36.5 Å². The van der Waals surface area contributed by atoms with Crippen LogP contribution < -0.4 is 5.73 Å². The summed E-state index contributed by atoms with van der Waals surface area (Å²) in [5.41, 5.74) is 6.31. The van der Waals surface area contributed by atoms with Crippen LogP contribution in [0, 0.1) is 0 Å². The standard InChI is InChI=1S/C15H25NOS/c1-14(2,3)12-5-7-13(8-6-12)18-10-9-15(4,17)11-16/h5-8,17H,9-11,16H2,1-4H3. The molecule has 0 amide bonds. The molecule has 0 radical (unpaired) electrons. The van der Waals surface area contributed by atoms with E-state index < -0.39 is 5.60 Å². The normalized spacial score (nSPS) is 15.4. The molecular weight excluding hydrogens is 242 g/mol. The Morgan fingerprint density at radius 3 is 2.11 bits per heavy atom. The van der Waals surface area contributed by atoms with Crippen LogP contribution in [-0.4, -0.2) is 23.0 Å². The van der Waals surface area contributed by atoms with Gasteiger partial charge in [0.05, 0.1) is 5.60 Å². The highest BCUT2D eigenvalue weighted by Crippen LogP contribution is 2.26. The Morgan fingerprint density at radius 1 is 1.11 bits per heavy atom. The first-order chi connectivity index (χ1) is 8.24. The summed E-state index contributed by atoms with van der Waals surface area (Å²) in [6, 6.07) is 8.68. The van der Waals surface area contributed by atoms with Gasteiger partial charge in [-0.3, -0.25) is 0 Å². The molecule has 1 aromatic carbocycles. The second-order valence-corrected chi connectivity index (χ2v) is 7.24. The topological polar surface area (TPSA) is 46.2 Å². The quantitative estimate of drug-likeness (QED) is 0.806. The smallest absolute Gasteiger partial charge is 0.0749 e. The van der Waals surface area contributed by atoms with Gasteiger partial charge in [0.15, 0.2) is 0 Å². The molecule has 3 heteroatoms. The van der Waals surface area contributed by atoms with Crippen LogP contribution in [0.1, 0.15) is 39.7 Å². The zero-order valence-corrected chi connectivity index (χ0v) is 12.7. The maximum absolute atomic E-state index is 9.81. The van der Waals surface area contributed by atoms with Crippen molar-refractivity contribution < 1.29 is 5.11 Å². The molecule has 0 aliphatic heterocycles. The molecule has 1 atom stereocenters. The van der Waals surface area contributed by atoms with Gasteiger partial charge in [-0.25, -0.2) is 0 Å². The highest BCUT2D eigenvalue weighted by Gasteiger charge is 2.17. The van der Waals surface area contributed by atoms with Gasteiger partial charge in [0.2, 0.25) is 0 Å². The van der Waals surface area contributed by atoms with Crippen LogP contribution in [-0.2, 0) is 5.41 Å². The first-order valence-corrected chi connectivity index (χ1v) is 7.39. The number of aliphatic hydroxyl groups is 1. The van der Waals surface area contributed by atoms with Crippen molar-refractivity contribution >= 4 is 11.8 Å². The minimum absolute atomic E-state index is 0.201. The third-order valence-corrected chi connectivity index (χ3v) is 4.08. The fraction of sp³-hybridized carbons (Fsp3) is 0.600. The summed E-state index contributed by atoms with van der Waals surface area (Å²) >= 11 is 1.77. The van der Waals surface area contributed by atoms with E-state index in [1.165, 1.54) is 10.5 Å². The maximum atomic E-state index is 9.81. The number of thioether (sulfide) groups is 1. The number of nitrogens with two attached hydrogens (primary N) is 1. The fourth-order valence-corrected chi connectivity index (χ4v) is 2.65. The molecule has 0 aliphatic rings. The molecule has 0 spiro atoms. The lowest BCUT2D eigenvalue weighted by Crippen LogP contribution is -2.34. The van der Waals surface area contributed by atoms with Gasteiger partial charge < -0.3 is 10.8 Å². The van der Waals surface area contributed by atoms with Crippen molar-refractivity contribution in [3.63, 3.8) is 0 Å². The van der Waals surface area contributed by atoms with E-state index >= 15 is 0 Å². The van der Waals surface area contributed by atoms with E-state index in [2.05, 4.69) is 45.0 Å². The highest BCUT2D eigenvalue weighted by molar-refractivity contribution is 7.99. The van der Waals surface area contributed by atoms with Crippen molar-refractivity contribution in [2.75, 3.05) is 12.3 Å². The monoisotopic (exact) mass is 267 g/mol. The summed E-state index contributed by atoms with van der Waals surface area (Å²) in [5.74, 6) is 0.888. The summed E-state index contributed by atoms with van der Waals surface area (Å²) in [7, 11) is 0. The van der Waals surface area contributed by atoms with E-state index in [1.54, 1.807) is 18.7 Å². The van der Waals surface area contributed by atoms with Crippen molar-refractivity contribution in [1.29, 1.82) is 0 Å². The third-order valence-electron chi connectivity index (χ3n) is 3.07. The van der Waals surface area contributed by atoms with Crippen LogP contribution in [0.2, 0.25) is 0 Å². The van der Waals surface area contributed by atoms with E-state index in [-0.39, 0.29) is 5.41 Å². The van der Waals surface area contributed by atoms with Crippen molar-refractivity contribution in [3.05, 3.63) is 29.8 Å². The summed E-state index contributed by atoms with van der Waals surface area (Å²) in [5, 5.41) is 9.81. The Hall–Kier alpha value is -0.510. The van der Waals surface area contributed by atoms with Gasteiger partial charge >= 0.3 is 0 Å². The predicted octanol–water partition coefficient (Wildman–Crippen LogP) is 3.18. The van der Waals surface area contributed by atoms with E-state index in [0.29, 0.717) is 6.54 Å². The number of benzene rings is 1. The van der Waals surface area contributed by atoms with Gasteiger partial charge in [0, 0.05) is 17.2 Å². The molecule has 3 N–H and O–H groups in total. The van der Waals surface area contributed by atoms with Gasteiger partial charge in [0.25, 0.3) is 0 Å². The highest BCUT2D eigenvalue weighted by atomic mass is 32.2. The van der Waals surface area contributed by atoms with E-state index in [9.17, 15) is 5.11 Å². The number of hydrogen-bond acceptors (Lipinski definition) is 3. The Balaban J connectivity index is 2.50. The maximum Gasteiger partial charge on any atom is 0.0749 e. The van der Waals surface area contributed by atoms with Crippen LogP contribution >= 0.6 is 11.8 Å². The van der Waals surface area contributed by atoms with Crippen molar-refractivity contribution in [2.45, 2.75) is 50.0 Å². The van der Waals surface area contributed by atoms with Crippen LogP contribution in [0.25, 0.3) is 0 Å². The van der Waals surface area contributed by atoms with Gasteiger partial charge in [-0.1, -0.05) is 32.9 Å². The van der Waals surface area contributed by atoms with Crippen molar-refractivity contribution in [1.82, 2.24) is 0 Å². The molecule has 2 nitrogen and oxygen atoms in total. The van der Waals surface area contributed by atoms with Crippen LogP contribution in [0.15, 0.2) is 29.2 Å². The predicted molar refractivity (Wildman–Crippen MR) is 80.2 cm³/mol. The largest absolute Gasteiger partial charge is 0.389 e. The second-order valence-electron chi connectivity index (χ2n) is 6.07. The first-order valence-electron chi connectivity index (χ1n) is 6.40. The lowest BCUT2D eigenvalue weighted by atomic mass is 9.87. The zero-order chi connectivity index (χ0) is 13.8. The Labute approximate surface area is 115 Å². The van der Waals surface area contributed by atoms with E-state index in [0.717, 1.165) is 12.2 Å². The molecule has 18 heavy (non-hydrogen) atoms. The van der Waals surface area contributed by atoms with Crippen molar-refractivity contribution in [3.8, 4) is 0 Å². The van der Waals surface area contributed by atoms with Crippen LogP contribution in [0.5, 0.6) is 0 Å². The lowest BCUT2D eigenvalue weighted by Gasteiger charge is -2.21. The van der Waals surface area contributed by atoms with Crippen molar-refractivity contribution in [2.24, 2.45) is 5.73 Å². The molecule has 0 fully saturated rings. The molecule has 1 aromatic rings. The van der Waals surface area contributed by atoms with Gasteiger partial charge in [-0.2, -0.15) is 0 Å². The first kappa shape index (κ1) is 15.5. The fourth-order valence-electron chi connectivity index (χ4n) is 1.54. The Bertz CT molecular complexity index is 365. The van der Waals surface area contributed by atoms with E-state index in [1.807, 2.05) is 0 Å². The molecule has 1 unspecified atom stereocenters. The summed E-state index contributed by atoms with van der Waals surface area (Å²) in [4.78, 5) is 1.25. The zero-order valence-electron chi connectivity index (χ0n) is 11.9. The summed E-state index contributed by atoms with van der Waals surface area (Å²) in [6.07, 6.45) is 0.717. The molecule has 0 aliphatic carbocycles. The summed E-state index contributed by atoms with van der Waals surface area (Å²) in [6.45, 7) is 8.75. The second kappa shape index (κ2) is 6.09. The molecule has 0 saturated heterocycles. The third kappa shape index (κ3) is 5.01. The Morgan fingerprint density at radius 2 is 1.67 bits per heavy atom. The minimum atomic E-state index is -0.738. The van der Waals surface area contributed by atoms with E-state index in [4.69, 9.17) is 5.73 Å². The molecule has 0 heterocycles. The SMILES string of the molecule is CC(O)(CN)CCSc1ccc(C(C)(C)C)cc1. The molecule has 1 rings (SSSR count). The minimum Gasteiger partial charge on any atom is -0.389 e. The van der Waals surface area contributed by atoms with Crippen LogP contribution in [0.4, 0.5) is 0 Å². The molecular formula is C15H25NOS. The van der Waals surface area contributed by atoms with Gasteiger partial charge in [0.1, 0.15) is 0 Å². The molecule has 0 aromatic heterocycles. The van der Waals surface area contributed by atoms with Gasteiger partial charge in [-0.15, -0.1) is 11.8 Å². The molecule has 0 saturated carbocycles. The average molecular weight is 267 g/mol. The molecule has 102 valence electrons. The lowest BCUT2D eigenvalue weighted by molar-refractivity contribution is 0.0665. The molecule has 0 bridgehead atoms. The summed E-state index contributed by atoms with van der Waals surface area (Å²) < 4.78 is 0.